The number of β-amino-alcohol motifs (C(OH)–C–C–N with tert-alkyl or cyclic N) is 1. The van der Waals surface area contributed by atoms with Crippen molar-refractivity contribution in [1.82, 2.24) is 5.32 Å². The lowest BCUT2D eigenvalue weighted by Crippen LogP contribution is -2.48. The summed E-state index contributed by atoms with van der Waals surface area (Å²) in [6.45, 7) is -1.22. The SMILES string of the molecule is O=C1N[C@H](c2cc(F)ccc2Cl)c2c(NC(=O)N3C[C@@](O)(C(F)(F)F)c4cc(F)ccc43)cccc21. The van der Waals surface area contributed by atoms with E-state index in [-0.39, 0.29) is 33.1 Å². The van der Waals surface area contributed by atoms with Crippen molar-refractivity contribution in [3.8, 4) is 0 Å². The zero-order chi connectivity index (χ0) is 26.0. The molecule has 5 rings (SSSR count). The molecule has 36 heavy (non-hydrogen) atoms. The molecule has 3 aromatic carbocycles. The molecule has 2 aliphatic rings. The fraction of sp³-hybridized carbons (Fsp3) is 0.167. The number of carbonyl (C=O) groups excluding carboxylic acids is 2. The van der Waals surface area contributed by atoms with E-state index in [2.05, 4.69) is 10.6 Å². The molecule has 3 N–H and O–H groups in total. The maximum Gasteiger partial charge on any atom is 0.423 e. The van der Waals surface area contributed by atoms with E-state index >= 15 is 0 Å². The molecule has 0 bridgehead atoms. The number of hydrogen-bond donors (Lipinski definition) is 3. The molecule has 2 aliphatic heterocycles. The summed E-state index contributed by atoms with van der Waals surface area (Å²) in [4.78, 5) is 26.4. The van der Waals surface area contributed by atoms with E-state index in [1.165, 1.54) is 24.3 Å². The van der Waals surface area contributed by atoms with Gasteiger partial charge in [-0.05, 0) is 48.5 Å². The van der Waals surface area contributed by atoms with Crippen LogP contribution >= 0.6 is 11.6 Å². The molecular weight excluding hydrogens is 509 g/mol. The summed E-state index contributed by atoms with van der Waals surface area (Å²) >= 11 is 6.22. The molecule has 186 valence electrons. The molecule has 0 saturated carbocycles. The molecule has 0 radical (unpaired) electrons. The van der Waals surface area contributed by atoms with Gasteiger partial charge >= 0.3 is 12.2 Å². The second-order valence-electron chi connectivity index (χ2n) is 8.37. The molecule has 0 saturated heterocycles. The first-order chi connectivity index (χ1) is 16.9. The Morgan fingerprint density at radius 2 is 1.81 bits per heavy atom. The van der Waals surface area contributed by atoms with E-state index in [9.17, 15) is 36.6 Å². The van der Waals surface area contributed by atoms with E-state index in [1.807, 2.05) is 0 Å². The average molecular weight is 524 g/mol. The third-order valence-corrected chi connectivity index (χ3v) is 6.57. The summed E-state index contributed by atoms with van der Waals surface area (Å²) in [6, 6.07) is 8.20. The largest absolute Gasteiger partial charge is 0.423 e. The van der Waals surface area contributed by atoms with Crippen molar-refractivity contribution in [2.24, 2.45) is 0 Å². The first-order valence-electron chi connectivity index (χ1n) is 10.5. The second kappa shape index (κ2) is 8.17. The van der Waals surface area contributed by atoms with Gasteiger partial charge in [0, 0.05) is 33.0 Å². The quantitative estimate of drug-likeness (QED) is 0.401. The maximum atomic E-state index is 13.9. The number of hydrogen-bond acceptors (Lipinski definition) is 3. The third kappa shape index (κ3) is 3.66. The van der Waals surface area contributed by atoms with Gasteiger partial charge in [-0.2, -0.15) is 13.2 Å². The Morgan fingerprint density at radius 3 is 2.53 bits per heavy atom. The predicted octanol–water partition coefficient (Wildman–Crippen LogP) is 5.25. The van der Waals surface area contributed by atoms with Crippen LogP contribution in [0.25, 0.3) is 0 Å². The lowest BCUT2D eigenvalue weighted by molar-refractivity contribution is -0.258. The predicted molar refractivity (Wildman–Crippen MR) is 120 cm³/mol. The zero-order valence-corrected chi connectivity index (χ0v) is 18.7. The lowest BCUT2D eigenvalue weighted by atomic mass is 9.95. The topological polar surface area (TPSA) is 81.7 Å². The van der Waals surface area contributed by atoms with Gasteiger partial charge in [-0.3, -0.25) is 9.69 Å². The van der Waals surface area contributed by atoms with Crippen molar-refractivity contribution < 1.29 is 36.6 Å². The number of carbonyl (C=O) groups is 2. The highest BCUT2D eigenvalue weighted by Crippen LogP contribution is 2.49. The number of aliphatic hydroxyl groups is 1. The van der Waals surface area contributed by atoms with Gasteiger partial charge in [0.05, 0.1) is 18.3 Å². The fourth-order valence-electron chi connectivity index (χ4n) is 4.51. The molecule has 12 heteroatoms. The third-order valence-electron chi connectivity index (χ3n) is 6.22. The minimum absolute atomic E-state index is 0.0484. The van der Waals surface area contributed by atoms with Crippen LogP contribution in [0.2, 0.25) is 5.02 Å². The van der Waals surface area contributed by atoms with Crippen LogP contribution in [0, 0.1) is 11.6 Å². The van der Waals surface area contributed by atoms with E-state index in [0.717, 1.165) is 24.3 Å². The summed E-state index contributed by atoms with van der Waals surface area (Å²) < 4.78 is 68.9. The smallest absolute Gasteiger partial charge is 0.375 e. The molecule has 0 fully saturated rings. The average Bonchev–Trinajstić information content (AvgIpc) is 3.31. The molecule has 0 unspecified atom stereocenters. The number of nitrogens with one attached hydrogen (secondary N) is 2. The van der Waals surface area contributed by atoms with Gasteiger partial charge in [-0.1, -0.05) is 17.7 Å². The normalized spacial score (nSPS) is 20.7. The number of nitrogens with zero attached hydrogens (tertiary/aromatic N) is 1. The summed E-state index contributed by atoms with van der Waals surface area (Å²) in [5.41, 5.74) is -3.99. The molecular formula is C24H15ClF5N3O3. The highest BCUT2D eigenvalue weighted by atomic mass is 35.5. The Labute approximate surface area is 205 Å². The molecule has 0 aromatic heterocycles. The van der Waals surface area contributed by atoms with Crippen LogP contribution < -0.4 is 15.5 Å². The van der Waals surface area contributed by atoms with E-state index in [4.69, 9.17) is 11.6 Å². The Morgan fingerprint density at radius 1 is 1.11 bits per heavy atom. The van der Waals surface area contributed by atoms with Crippen molar-refractivity contribution in [1.29, 1.82) is 0 Å². The number of benzene rings is 3. The van der Waals surface area contributed by atoms with Crippen LogP contribution in [-0.4, -0.2) is 29.8 Å². The van der Waals surface area contributed by atoms with Gasteiger partial charge in [0.1, 0.15) is 11.6 Å². The maximum absolute atomic E-state index is 13.9. The number of anilines is 2. The van der Waals surface area contributed by atoms with E-state index in [0.29, 0.717) is 11.0 Å². The zero-order valence-electron chi connectivity index (χ0n) is 18.0. The van der Waals surface area contributed by atoms with Crippen LogP contribution in [-0.2, 0) is 5.60 Å². The molecule has 6 nitrogen and oxygen atoms in total. The Bertz CT molecular complexity index is 1430. The molecule has 0 spiro atoms. The Balaban J connectivity index is 1.54. The van der Waals surface area contributed by atoms with Crippen LogP contribution in [0.5, 0.6) is 0 Å². The van der Waals surface area contributed by atoms with E-state index in [1.54, 1.807) is 0 Å². The first kappa shape index (κ1) is 24.0. The lowest BCUT2D eigenvalue weighted by Gasteiger charge is -2.27. The Kier molecular flexibility index (Phi) is 5.45. The highest BCUT2D eigenvalue weighted by Gasteiger charge is 2.61. The second-order valence-corrected chi connectivity index (χ2v) is 8.78. The van der Waals surface area contributed by atoms with Gasteiger partial charge in [-0.25, -0.2) is 13.6 Å². The van der Waals surface area contributed by atoms with Crippen molar-refractivity contribution in [3.05, 3.63) is 93.5 Å². The highest BCUT2D eigenvalue weighted by molar-refractivity contribution is 6.31. The summed E-state index contributed by atoms with van der Waals surface area (Å²) in [5.74, 6) is -2.16. The van der Waals surface area contributed by atoms with Gasteiger partial charge in [0.2, 0.25) is 5.60 Å². The number of halogens is 6. The standard InChI is InChI=1S/C24H15ClF5N3O3/c25-16-6-4-11(26)8-14(16)20-19-13(21(34)32-20)2-1-3-17(19)31-22(35)33-10-23(36,24(28,29)30)15-9-12(27)5-7-18(15)33/h1-9,20,36H,10H2,(H,31,35)(H,32,34)/t20-,23+/m1/s1. The van der Waals surface area contributed by atoms with Gasteiger partial charge in [0.15, 0.2) is 0 Å². The van der Waals surface area contributed by atoms with Crippen molar-refractivity contribution in [2.45, 2.75) is 17.8 Å². The summed E-state index contributed by atoms with van der Waals surface area (Å²) in [7, 11) is 0. The van der Waals surface area contributed by atoms with Gasteiger partial charge < -0.3 is 15.7 Å². The van der Waals surface area contributed by atoms with Crippen molar-refractivity contribution in [2.75, 3.05) is 16.8 Å². The summed E-state index contributed by atoms with van der Waals surface area (Å²) in [5, 5.41) is 15.7. The first-order valence-corrected chi connectivity index (χ1v) is 10.8. The number of fused-ring (bicyclic) bond motifs is 2. The minimum Gasteiger partial charge on any atom is -0.375 e. The van der Waals surface area contributed by atoms with Crippen LogP contribution in [0.3, 0.4) is 0 Å². The van der Waals surface area contributed by atoms with Crippen molar-refractivity contribution in [3.63, 3.8) is 0 Å². The molecule has 3 aromatic rings. The molecule has 3 amide bonds. The number of amides is 3. The number of urea groups is 1. The van der Waals surface area contributed by atoms with E-state index < -0.39 is 53.5 Å². The van der Waals surface area contributed by atoms with Crippen LogP contribution in [0.1, 0.15) is 33.1 Å². The van der Waals surface area contributed by atoms with Gasteiger partial charge in [-0.15, -0.1) is 0 Å². The van der Waals surface area contributed by atoms with Crippen LogP contribution in [0.15, 0.2) is 54.6 Å². The monoisotopic (exact) mass is 523 g/mol. The molecule has 2 heterocycles. The molecule has 0 aliphatic carbocycles. The van der Waals surface area contributed by atoms with Crippen LogP contribution in [0.4, 0.5) is 38.1 Å². The Hall–Kier alpha value is -3.70. The number of alkyl halides is 3. The number of rotatable bonds is 2. The van der Waals surface area contributed by atoms with Gasteiger partial charge in [0.25, 0.3) is 5.91 Å². The minimum atomic E-state index is -5.20. The fourth-order valence-corrected chi connectivity index (χ4v) is 4.74. The summed E-state index contributed by atoms with van der Waals surface area (Å²) in [6.07, 6.45) is -5.20. The van der Waals surface area contributed by atoms with Crippen molar-refractivity contribution >= 4 is 34.9 Å². The molecule has 2 atom stereocenters.